The molecule has 1 aliphatic rings. The van der Waals surface area contributed by atoms with E-state index in [0.717, 1.165) is 44.1 Å². The number of benzene rings is 1. The third-order valence-electron chi connectivity index (χ3n) is 4.44. The van der Waals surface area contributed by atoms with Gasteiger partial charge in [-0.25, -0.2) is 0 Å². The zero-order valence-electron chi connectivity index (χ0n) is 13.7. The summed E-state index contributed by atoms with van der Waals surface area (Å²) in [5.41, 5.74) is 1.29. The van der Waals surface area contributed by atoms with Crippen molar-refractivity contribution < 1.29 is 9.47 Å². The number of piperazine rings is 1. The van der Waals surface area contributed by atoms with E-state index in [2.05, 4.69) is 36.2 Å². The number of nitrogens with zero attached hydrogens (tertiary/aromatic N) is 1. The third-order valence-corrected chi connectivity index (χ3v) is 4.44. The van der Waals surface area contributed by atoms with Crippen molar-refractivity contribution in [2.75, 3.05) is 40.4 Å². The van der Waals surface area contributed by atoms with Gasteiger partial charge in [0, 0.05) is 38.3 Å². The Morgan fingerprint density at radius 1 is 1.10 bits per heavy atom. The van der Waals surface area contributed by atoms with Gasteiger partial charge in [0.15, 0.2) is 0 Å². The summed E-state index contributed by atoms with van der Waals surface area (Å²) in [6.07, 6.45) is 1.16. The SMILES string of the molecule is CCC(C)[C@H](c1cc(OC)cc(OC)c1)N1CCNCC1. The summed E-state index contributed by atoms with van der Waals surface area (Å²) < 4.78 is 10.9. The Balaban J connectivity index is 2.34. The molecule has 21 heavy (non-hydrogen) atoms. The maximum Gasteiger partial charge on any atom is 0.122 e. The first-order chi connectivity index (χ1) is 10.2. The van der Waals surface area contributed by atoms with Crippen molar-refractivity contribution in [3.8, 4) is 11.5 Å². The maximum absolute atomic E-state index is 5.44. The van der Waals surface area contributed by atoms with Gasteiger partial charge in [-0.3, -0.25) is 4.90 Å². The number of methoxy groups -OCH3 is 2. The normalized spacial score (nSPS) is 19.0. The van der Waals surface area contributed by atoms with Crippen LogP contribution in [0.25, 0.3) is 0 Å². The number of hydrogen-bond donors (Lipinski definition) is 1. The van der Waals surface area contributed by atoms with Crippen LogP contribution in [0, 0.1) is 5.92 Å². The Morgan fingerprint density at radius 3 is 2.14 bits per heavy atom. The Morgan fingerprint density at radius 2 is 1.67 bits per heavy atom. The molecule has 1 aromatic rings. The lowest BCUT2D eigenvalue weighted by Gasteiger charge is -2.38. The van der Waals surface area contributed by atoms with Crippen LogP contribution in [0.15, 0.2) is 18.2 Å². The van der Waals surface area contributed by atoms with E-state index in [1.165, 1.54) is 5.56 Å². The largest absolute Gasteiger partial charge is 0.497 e. The molecule has 118 valence electrons. The fourth-order valence-corrected chi connectivity index (χ4v) is 3.08. The molecular formula is C17H28N2O2. The van der Waals surface area contributed by atoms with Crippen LogP contribution in [0.3, 0.4) is 0 Å². The lowest BCUT2D eigenvalue weighted by atomic mass is 9.90. The van der Waals surface area contributed by atoms with Crippen LogP contribution in [0.2, 0.25) is 0 Å². The molecule has 4 heteroatoms. The van der Waals surface area contributed by atoms with Gasteiger partial charge in [0.2, 0.25) is 0 Å². The van der Waals surface area contributed by atoms with Gasteiger partial charge < -0.3 is 14.8 Å². The zero-order chi connectivity index (χ0) is 15.2. The third kappa shape index (κ3) is 3.89. The van der Waals surface area contributed by atoms with E-state index in [0.29, 0.717) is 12.0 Å². The highest BCUT2D eigenvalue weighted by molar-refractivity contribution is 5.40. The van der Waals surface area contributed by atoms with Crippen LogP contribution in [-0.2, 0) is 0 Å². The second-order valence-corrected chi connectivity index (χ2v) is 5.76. The molecule has 0 aliphatic carbocycles. The minimum Gasteiger partial charge on any atom is -0.497 e. The second kappa shape index (κ2) is 7.66. The maximum atomic E-state index is 5.44. The van der Waals surface area contributed by atoms with Crippen LogP contribution in [0.5, 0.6) is 11.5 Å². The summed E-state index contributed by atoms with van der Waals surface area (Å²) in [6.45, 7) is 8.90. The molecule has 0 radical (unpaired) electrons. The average Bonchev–Trinajstić information content (AvgIpc) is 2.55. The first kappa shape index (κ1) is 16.1. The van der Waals surface area contributed by atoms with Crippen molar-refractivity contribution in [1.29, 1.82) is 0 Å². The minimum atomic E-state index is 0.418. The van der Waals surface area contributed by atoms with Gasteiger partial charge in [0.25, 0.3) is 0 Å². The second-order valence-electron chi connectivity index (χ2n) is 5.76. The van der Waals surface area contributed by atoms with Gasteiger partial charge in [-0.2, -0.15) is 0 Å². The predicted molar refractivity (Wildman–Crippen MR) is 86.2 cm³/mol. The van der Waals surface area contributed by atoms with Crippen LogP contribution in [0.1, 0.15) is 31.9 Å². The Labute approximate surface area is 128 Å². The quantitative estimate of drug-likeness (QED) is 0.874. The molecule has 0 amide bonds. The standard InChI is InChI=1S/C17H28N2O2/c1-5-13(2)17(19-8-6-18-7-9-19)14-10-15(20-3)12-16(11-14)21-4/h10-13,17-18H,5-9H2,1-4H3/t13?,17-/m1/s1. The van der Waals surface area contributed by atoms with Gasteiger partial charge in [-0.15, -0.1) is 0 Å². The van der Waals surface area contributed by atoms with E-state index in [1.807, 2.05) is 6.07 Å². The van der Waals surface area contributed by atoms with Gasteiger partial charge in [0.05, 0.1) is 14.2 Å². The smallest absolute Gasteiger partial charge is 0.122 e. The van der Waals surface area contributed by atoms with Crippen molar-refractivity contribution >= 4 is 0 Å². The first-order valence-corrected chi connectivity index (χ1v) is 7.87. The molecule has 0 bridgehead atoms. The molecule has 1 N–H and O–H groups in total. The summed E-state index contributed by atoms with van der Waals surface area (Å²) in [6, 6.07) is 6.67. The number of ether oxygens (including phenoxy) is 2. The summed E-state index contributed by atoms with van der Waals surface area (Å²) in [4.78, 5) is 2.58. The lowest BCUT2D eigenvalue weighted by Crippen LogP contribution is -2.46. The average molecular weight is 292 g/mol. The van der Waals surface area contributed by atoms with Gasteiger partial charge >= 0.3 is 0 Å². The fraction of sp³-hybridized carbons (Fsp3) is 0.647. The first-order valence-electron chi connectivity index (χ1n) is 7.87. The molecule has 0 spiro atoms. The Bertz CT molecular complexity index is 422. The molecule has 1 saturated heterocycles. The lowest BCUT2D eigenvalue weighted by molar-refractivity contribution is 0.128. The minimum absolute atomic E-state index is 0.418. The van der Waals surface area contributed by atoms with Crippen molar-refractivity contribution in [1.82, 2.24) is 10.2 Å². The van der Waals surface area contributed by atoms with E-state index >= 15 is 0 Å². The van der Waals surface area contributed by atoms with Crippen LogP contribution in [-0.4, -0.2) is 45.3 Å². The Kier molecular flexibility index (Phi) is 5.88. The Hall–Kier alpha value is -1.26. The molecule has 2 atom stereocenters. The number of nitrogens with one attached hydrogen (secondary N) is 1. The van der Waals surface area contributed by atoms with Crippen molar-refractivity contribution in [2.45, 2.75) is 26.3 Å². The van der Waals surface area contributed by atoms with Gasteiger partial charge in [-0.1, -0.05) is 20.3 Å². The molecule has 0 aromatic heterocycles. The van der Waals surface area contributed by atoms with Gasteiger partial charge in [-0.05, 0) is 23.6 Å². The molecule has 1 aromatic carbocycles. The van der Waals surface area contributed by atoms with E-state index in [4.69, 9.17) is 9.47 Å². The summed E-state index contributed by atoms with van der Waals surface area (Å²) in [5, 5.41) is 3.43. The molecule has 1 fully saturated rings. The van der Waals surface area contributed by atoms with Crippen molar-refractivity contribution in [3.05, 3.63) is 23.8 Å². The van der Waals surface area contributed by atoms with Crippen molar-refractivity contribution in [3.63, 3.8) is 0 Å². The molecule has 1 aliphatic heterocycles. The molecule has 1 unspecified atom stereocenters. The fourth-order valence-electron chi connectivity index (χ4n) is 3.08. The monoisotopic (exact) mass is 292 g/mol. The summed E-state index contributed by atoms with van der Waals surface area (Å²) in [5.74, 6) is 2.33. The number of rotatable bonds is 6. The highest BCUT2D eigenvalue weighted by atomic mass is 16.5. The molecule has 2 rings (SSSR count). The highest BCUT2D eigenvalue weighted by Crippen LogP contribution is 2.35. The molecule has 0 saturated carbocycles. The highest BCUT2D eigenvalue weighted by Gasteiger charge is 2.27. The van der Waals surface area contributed by atoms with E-state index in [1.54, 1.807) is 14.2 Å². The molecular weight excluding hydrogens is 264 g/mol. The molecule has 1 heterocycles. The summed E-state index contributed by atoms with van der Waals surface area (Å²) in [7, 11) is 3.42. The van der Waals surface area contributed by atoms with Crippen LogP contribution >= 0.6 is 0 Å². The van der Waals surface area contributed by atoms with Crippen LogP contribution < -0.4 is 14.8 Å². The van der Waals surface area contributed by atoms with Gasteiger partial charge in [0.1, 0.15) is 11.5 Å². The molecule has 4 nitrogen and oxygen atoms in total. The van der Waals surface area contributed by atoms with E-state index in [9.17, 15) is 0 Å². The van der Waals surface area contributed by atoms with E-state index < -0.39 is 0 Å². The summed E-state index contributed by atoms with van der Waals surface area (Å²) >= 11 is 0. The predicted octanol–water partition coefficient (Wildman–Crippen LogP) is 2.70. The number of hydrogen-bond acceptors (Lipinski definition) is 4. The van der Waals surface area contributed by atoms with Crippen molar-refractivity contribution in [2.24, 2.45) is 5.92 Å². The topological polar surface area (TPSA) is 33.7 Å². The van der Waals surface area contributed by atoms with E-state index in [-0.39, 0.29) is 0 Å². The van der Waals surface area contributed by atoms with Crippen LogP contribution in [0.4, 0.5) is 0 Å². The zero-order valence-corrected chi connectivity index (χ0v) is 13.7.